The normalized spacial score (nSPS) is 19.4. The summed E-state index contributed by atoms with van der Waals surface area (Å²) in [7, 11) is 1.44. The number of amides is 1. The highest BCUT2D eigenvalue weighted by Gasteiger charge is 2.24. The summed E-state index contributed by atoms with van der Waals surface area (Å²) >= 11 is 0. The number of likely N-dealkylation sites (N-methyl/N-ethyl adjacent to an activating group) is 1. The van der Waals surface area contributed by atoms with Gasteiger partial charge in [-0.05, 0) is 6.58 Å². The third kappa shape index (κ3) is 0.547. The molecule has 0 aliphatic carbocycles. The molecular formula is C4H5NO3. The fourth-order valence-electron chi connectivity index (χ4n) is 0.346. The van der Waals surface area contributed by atoms with E-state index in [2.05, 4.69) is 16.5 Å². The summed E-state index contributed by atoms with van der Waals surface area (Å²) in [5, 5.41) is 0.961. The molecule has 1 fully saturated rings. The molecule has 0 aromatic carbocycles. The molecule has 0 N–H and O–H groups in total. The molecule has 44 valence electrons. The molecule has 0 atom stereocenters. The van der Waals surface area contributed by atoms with Crippen LogP contribution in [0.25, 0.3) is 0 Å². The van der Waals surface area contributed by atoms with Crippen LogP contribution in [0.2, 0.25) is 0 Å². The number of hydrogen-bond acceptors (Lipinski definition) is 3. The van der Waals surface area contributed by atoms with Crippen molar-refractivity contribution in [2.24, 2.45) is 0 Å². The lowest BCUT2D eigenvalue weighted by molar-refractivity contribution is -0.344. The van der Waals surface area contributed by atoms with Gasteiger partial charge in [-0.25, -0.2) is 0 Å². The minimum absolute atomic E-state index is 0.0208. The van der Waals surface area contributed by atoms with E-state index in [-0.39, 0.29) is 11.7 Å². The van der Waals surface area contributed by atoms with Gasteiger partial charge in [-0.1, -0.05) is 4.99 Å². The van der Waals surface area contributed by atoms with Gasteiger partial charge in [0.25, 0.3) is 0 Å². The smallest absolute Gasteiger partial charge is 0.309 e. The summed E-state index contributed by atoms with van der Waals surface area (Å²) in [6.45, 7) is 3.25. The average Bonchev–Trinajstić information content (AvgIpc) is 1.98. The number of carbonyl (C=O) groups excluding carboxylic acids is 1. The Morgan fingerprint density at radius 2 is 2.38 bits per heavy atom. The third-order valence-electron chi connectivity index (χ3n) is 0.774. The molecule has 0 radical (unpaired) electrons. The second-order valence-corrected chi connectivity index (χ2v) is 1.38. The molecule has 4 nitrogen and oxygen atoms in total. The fraction of sp³-hybridized carbons (Fsp3) is 0.250. The van der Waals surface area contributed by atoms with Gasteiger partial charge in [0.15, 0.2) is 0 Å². The molecule has 0 aromatic rings. The topological polar surface area (TPSA) is 38.8 Å². The number of hydrogen-bond donors (Lipinski definition) is 0. The van der Waals surface area contributed by atoms with Crippen LogP contribution >= 0.6 is 0 Å². The van der Waals surface area contributed by atoms with Gasteiger partial charge in [0.2, 0.25) is 5.76 Å². The number of carbonyl (C=O) groups is 1. The van der Waals surface area contributed by atoms with Crippen LogP contribution in [0, 0.1) is 0 Å². The van der Waals surface area contributed by atoms with Crippen molar-refractivity contribution in [1.29, 1.82) is 0 Å². The first-order valence-electron chi connectivity index (χ1n) is 2.03. The molecule has 1 amide bonds. The molecule has 0 spiro atoms. The molecule has 1 heterocycles. The summed E-state index contributed by atoms with van der Waals surface area (Å²) < 4.78 is 0. The van der Waals surface area contributed by atoms with Gasteiger partial charge in [-0.3, -0.25) is 4.79 Å². The van der Waals surface area contributed by atoms with Crippen molar-refractivity contribution in [1.82, 2.24) is 5.06 Å². The largest absolute Gasteiger partial charge is 0.319 e. The van der Waals surface area contributed by atoms with Crippen LogP contribution in [-0.2, 0) is 14.7 Å². The average molecular weight is 115 g/mol. The Morgan fingerprint density at radius 1 is 1.75 bits per heavy atom. The Morgan fingerprint density at radius 3 is 2.50 bits per heavy atom. The first-order valence-corrected chi connectivity index (χ1v) is 2.03. The SMILES string of the molecule is C=C1OON(C)C1=O. The van der Waals surface area contributed by atoms with Gasteiger partial charge in [0.05, 0.1) is 0 Å². The molecule has 4 heteroatoms. The molecule has 0 aromatic heterocycles. The maximum atomic E-state index is 10.5. The van der Waals surface area contributed by atoms with Gasteiger partial charge >= 0.3 is 5.91 Å². The molecule has 0 saturated carbocycles. The van der Waals surface area contributed by atoms with E-state index >= 15 is 0 Å². The van der Waals surface area contributed by atoms with Crippen LogP contribution in [0.1, 0.15) is 0 Å². The lowest BCUT2D eigenvalue weighted by Crippen LogP contribution is -2.17. The second kappa shape index (κ2) is 1.48. The predicted octanol–water partition coefficient (Wildman–Crippen LogP) is -0.165. The zero-order valence-electron chi connectivity index (χ0n) is 4.38. The van der Waals surface area contributed by atoms with E-state index in [4.69, 9.17) is 0 Å². The van der Waals surface area contributed by atoms with E-state index in [0.717, 1.165) is 5.06 Å². The van der Waals surface area contributed by atoms with Crippen molar-refractivity contribution in [2.45, 2.75) is 0 Å². The van der Waals surface area contributed by atoms with Gasteiger partial charge < -0.3 is 4.89 Å². The van der Waals surface area contributed by atoms with Crippen molar-refractivity contribution < 1.29 is 14.7 Å². The number of nitrogens with zero attached hydrogens (tertiary/aromatic N) is 1. The monoisotopic (exact) mass is 115 g/mol. The van der Waals surface area contributed by atoms with E-state index in [1.54, 1.807) is 0 Å². The zero-order chi connectivity index (χ0) is 6.15. The highest BCUT2D eigenvalue weighted by Crippen LogP contribution is 2.09. The Bertz CT molecular complexity index is 142. The molecule has 8 heavy (non-hydrogen) atoms. The van der Waals surface area contributed by atoms with Crippen molar-refractivity contribution in [3.05, 3.63) is 12.3 Å². The Kier molecular flexibility index (Phi) is 0.948. The van der Waals surface area contributed by atoms with Crippen LogP contribution in [-0.4, -0.2) is 18.0 Å². The van der Waals surface area contributed by atoms with Gasteiger partial charge in [0, 0.05) is 7.05 Å². The van der Waals surface area contributed by atoms with Crippen molar-refractivity contribution in [2.75, 3.05) is 7.05 Å². The summed E-state index contributed by atoms with van der Waals surface area (Å²) in [5.74, 6) is -0.322. The Labute approximate surface area is 46.2 Å². The lowest BCUT2D eigenvalue weighted by atomic mass is 10.5. The minimum atomic E-state index is -0.343. The second-order valence-electron chi connectivity index (χ2n) is 1.38. The van der Waals surface area contributed by atoms with Crippen LogP contribution < -0.4 is 0 Å². The van der Waals surface area contributed by atoms with Crippen molar-refractivity contribution in [3.8, 4) is 0 Å². The first-order chi connectivity index (χ1) is 3.72. The molecule has 0 bridgehead atoms. The van der Waals surface area contributed by atoms with Gasteiger partial charge in [-0.15, -0.1) is 0 Å². The zero-order valence-corrected chi connectivity index (χ0v) is 4.38. The maximum Gasteiger partial charge on any atom is 0.319 e. The standard InChI is InChI=1S/C4H5NO3/c1-3-4(6)5(2)8-7-3/h1H2,2H3. The third-order valence-corrected chi connectivity index (χ3v) is 0.774. The van der Waals surface area contributed by atoms with E-state index in [1.165, 1.54) is 7.05 Å². The van der Waals surface area contributed by atoms with Crippen LogP contribution in [0.15, 0.2) is 12.3 Å². The van der Waals surface area contributed by atoms with Crippen LogP contribution in [0.3, 0.4) is 0 Å². The van der Waals surface area contributed by atoms with Gasteiger partial charge in [-0.2, -0.15) is 5.06 Å². The minimum Gasteiger partial charge on any atom is -0.309 e. The first kappa shape index (κ1) is 5.11. The predicted molar refractivity (Wildman–Crippen MR) is 24.1 cm³/mol. The highest BCUT2D eigenvalue weighted by molar-refractivity contribution is 5.90. The fourth-order valence-corrected chi connectivity index (χ4v) is 0.346. The maximum absolute atomic E-state index is 10.5. The highest BCUT2D eigenvalue weighted by atomic mass is 17.3. The summed E-state index contributed by atoms with van der Waals surface area (Å²) in [5.41, 5.74) is 0. The van der Waals surface area contributed by atoms with Crippen molar-refractivity contribution in [3.63, 3.8) is 0 Å². The van der Waals surface area contributed by atoms with Gasteiger partial charge in [0.1, 0.15) is 0 Å². The van der Waals surface area contributed by atoms with E-state index < -0.39 is 0 Å². The molecule has 1 saturated heterocycles. The number of rotatable bonds is 0. The molecule has 1 aliphatic heterocycles. The van der Waals surface area contributed by atoms with Crippen molar-refractivity contribution >= 4 is 5.91 Å². The number of hydroxylamine groups is 2. The lowest BCUT2D eigenvalue weighted by Gasteiger charge is -1.96. The quantitative estimate of drug-likeness (QED) is 0.325. The van der Waals surface area contributed by atoms with E-state index in [9.17, 15) is 4.79 Å². The summed E-state index contributed by atoms with van der Waals surface area (Å²) in [6.07, 6.45) is 0. The molecule has 0 unspecified atom stereocenters. The van der Waals surface area contributed by atoms with E-state index in [1.807, 2.05) is 0 Å². The summed E-state index contributed by atoms with van der Waals surface area (Å²) in [6, 6.07) is 0. The Hall–Kier alpha value is -1.03. The molecular weight excluding hydrogens is 110 g/mol. The van der Waals surface area contributed by atoms with E-state index in [0.29, 0.717) is 0 Å². The van der Waals surface area contributed by atoms with Crippen LogP contribution in [0.5, 0.6) is 0 Å². The Balaban J connectivity index is 2.71. The summed E-state index contributed by atoms with van der Waals surface area (Å²) in [4.78, 5) is 19.0. The molecule has 1 rings (SSSR count). The van der Waals surface area contributed by atoms with Crippen LogP contribution in [0.4, 0.5) is 0 Å². The molecule has 1 aliphatic rings.